The number of aliphatic hydroxyl groups excluding tert-OH is 1. The third-order valence-corrected chi connectivity index (χ3v) is 2.84. The number of β-amino-alcohol motifs (C(OH)–C–C–N with tert-alkyl or cyclic N) is 1. The standard InChI is InChI=1S/C11H20N2O5/c1-11(18,5-9(15)16)7-12-10(17)13-4-2-3-8(14)6-13/h8,14,18H,2-7H2,1H3,(H,12,17)(H,15,16). The summed E-state index contributed by atoms with van der Waals surface area (Å²) in [4.78, 5) is 23.7. The lowest BCUT2D eigenvalue weighted by Crippen LogP contribution is -2.50. The Kier molecular flexibility index (Phi) is 4.92. The summed E-state index contributed by atoms with van der Waals surface area (Å²) in [5.74, 6) is -1.12. The van der Waals surface area contributed by atoms with Crippen molar-refractivity contribution in [2.24, 2.45) is 0 Å². The molecule has 7 nitrogen and oxygen atoms in total. The number of carbonyl (C=O) groups excluding carboxylic acids is 1. The molecular formula is C11H20N2O5. The Hall–Kier alpha value is -1.34. The zero-order valence-electron chi connectivity index (χ0n) is 10.4. The van der Waals surface area contributed by atoms with Crippen molar-refractivity contribution in [1.82, 2.24) is 10.2 Å². The minimum Gasteiger partial charge on any atom is -0.481 e. The van der Waals surface area contributed by atoms with Crippen molar-refractivity contribution in [2.75, 3.05) is 19.6 Å². The average Bonchev–Trinajstić information content (AvgIpc) is 2.24. The van der Waals surface area contributed by atoms with Gasteiger partial charge in [-0.3, -0.25) is 4.79 Å². The molecule has 1 rings (SSSR count). The molecule has 2 amide bonds. The molecule has 1 aliphatic heterocycles. The summed E-state index contributed by atoms with van der Waals surface area (Å²) < 4.78 is 0. The molecular weight excluding hydrogens is 240 g/mol. The summed E-state index contributed by atoms with van der Waals surface area (Å²) in [5, 5.41) is 30.2. The summed E-state index contributed by atoms with van der Waals surface area (Å²) >= 11 is 0. The van der Waals surface area contributed by atoms with E-state index in [-0.39, 0.29) is 19.1 Å². The number of aliphatic hydroxyl groups is 2. The first-order valence-electron chi connectivity index (χ1n) is 5.95. The number of urea groups is 1. The fourth-order valence-electron chi connectivity index (χ4n) is 1.91. The van der Waals surface area contributed by atoms with Crippen molar-refractivity contribution >= 4 is 12.0 Å². The number of likely N-dealkylation sites (tertiary alicyclic amines) is 1. The van der Waals surface area contributed by atoms with Gasteiger partial charge >= 0.3 is 12.0 Å². The Morgan fingerprint density at radius 1 is 1.50 bits per heavy atom. The van der Waals surface area contributed by atoms with Gasteiger partial charge in [0.15, 0.2) is 0 Å². The lowest BCUT2D eigenvalue weighted by atomic mass is 10.0. The van der Waals surface area contributed by atoms with E-state index < -0.39 is 24.1 Å². The van der Waals surface area contributed by atoms with Gasteiger partial charge in [-0.05, 0) is 19.8 Å². The largest absolute Gasteiger partial charge is 0.481 e. The van der Waals surface area contributed by atoms with E-state index in [2.05, 4.69) is 5.32 Å². The lowest BCUT2D eigenvalue weighted by molar-refractivity contribution is -0.141. The molecule has 2 atom stereocenters. The van der Waals surface area contributed by atoms with Crippen LogP contribution < -0.4 is 5.32 Å². The molecule has 1 fully saturated rings. The predicted molar refractivity (Wildman–Crippen MR) is 63.1 cm³/mol. The van der Waals surface area contributed by atoms with Gasteiger partial charge in [0.1, 0.15) is 0 Å². The molecule has 2 unspecified atom stereocenters. The zero-order valence-corrected chi connectivity index (χ0v) is 10.4. The molecule has 0 aromatic carbocycles. The van der Waals surface area contributed by atoms with Gasteiger partial charge in [-0.25, -0.2) is 4.79 Å². The molecule has 1 heterocycles. The number of rotatable bonds is 4. The van der Waals surface area contributed by atoms with Crippen LogP contribution in [0.3, 0.4) is 0 Å². The van der Waals surface area contributed by atoms with Crippen LogP contribution in [0, 0.1) is 0 Å². The maximum atomic E-state index is 11.7. The molecule has 0 spiro atoms. The highest BCUT2D eigenvalue weighted by Gasteiger charge is 2.27. The first-order valence-corrected chi connectivity index (χ1v) is 5.95. The number of hydrogen-bond donors (Lipinski definition) is 4. The summed E-state index contributed by atoms with van der Waals surface area (Å²) in [5.41, 5.74) is -1.48. The first-order chi connectivity index (χ1) is 8.30. The van der Waals surface area contributed by atoms with Crippen molar-refractivity contribution in [1.29, 1.82) is 0 Å². The van der Waals surface area contributed by atoms with Crippen molar-refractivity contribution in [3.8, 4) is 0 Å². The van der Waals surface area contributed by atoms with E-state index in [4.69, 9.17) is 5.11 Å². The van der Waals surface area contributed by atoms with Gasteiger partial charge in [0.25, 0.3) is 0 Å². The monoisotopic (exact) mass is 260 g/mol. The van der Waals surface area contributed by atoms with Crippen molar-refractivity contribution in [3.63, 3.8) is 0 Å². The van der Waals surface area contributed by atoms with E-state index in [1.165, 1.54) is 11.8 Å². The fourth-order valence-corrected chi connectivity index (χ4v) is 1.91. The van der Waals surface area contributed by atoms with Gasteiger partial charge < -0.3 is 25.5 Å². The maximum absolute atomic E-state index is 11.7. The van der Waals surface area contributed by atoms with Crippen molar-refractivity contribution in [3.05, 3.63) is 0 Å². The van der Waals surface area contributed by atoms with Gasteiger partial charge in [0.2, 0.25) is 0 Å². The number of aliphatic carboxylic acids is 1. The van der Waals surface area contributed by atoms with Crippen LogP contribution in [0.5, 0.6) is 0 Å². The quantitative estimate of drug-likeness (QED) is 0.538. The summed E-state index contributed by atoms with van der Waals surface area (Å²) in [6, 6.07) is -0.389. The van der Waals surface area contributed by atoms with Crippen LogP contribution in [0.2, 0.25) is 0 Å². The topological polar surface area (TPSA) is 110 Å². The van der Waals surface area contributed by atoms with Gasteiger partial charge in [-0.15, -0.1) is 0 Å². The number of nitrogens with zero attached hydrogens (tertiary/aromatic N) is 1. The third kappa shape index (κ3) is 4.89. The van der Waals surface area contributed by atoms with E-state index in [1.807, 2.05) is 0 Å². The number of amides is 2. The highest BCUT2D eigenvalue weighted by Crippen LogP contribution is 2.11. The minimum atomic E-state index is -1.48. The zero-order chi connectivity index (χ0) is 13.8. The number of carbonyl (C=O) groups is 2. The molecule has 0 radical (unpaired) electrons. The Labute approximate surface area is 105 Å². The van der Waals surface area contributed by atoms with Crippen LogP contribution in [0.15, 0.2) is 0 Å². The van der Waals surface area contributed by atoms with Gasteiger partial charge in [0.05, 0.1) is 18.1 Å². The molecule has 104 valence electrons. The van der Waals surface area contributed by atoms with Gasteiger partial charge in [0, 0.05) is 19.6 Å². The highest BCUT2D eigenvalue weighted by molar-refractivity contribution is 5.74. The molecule has 7 heteroatoms. The molecule has 1 saturated heterocycles. The maximum Gasteiger partial charge on any atom is 0.317 e. The summed E-state index contributed by atoms with van der Waals surface area (Å²) in [6.07, 6.45) is 0.473. The lowest BCUT2D eigenvalue weighted by Gasteiger charge is -2.31. The second kappa shape index (κ2) is 6.01. The molecule has 0 saturated carbocycles. The Morgan fingerprint density at radius 3 is 2.72 bits per heavy atom. The van der Waals surface area contributed by atoms with E-state index in [0.29, 0.717) is 13.0 Å². The number of carboxylic acids is 1. The Balaban J connectivity index is 2.38. The van der Waals surface area contributed by atoms with Crippen LogP contribution >= 0.6 is 0 Å². The molecule has 1 aliphatic rings. The first kappa shape index (κ1) is 14.7. The molecule has 0 aromatic rings. The van der Waals surface area contributed by atoms with Crippen LogP contribution in [-0.2, 0) is 4.79 Å². The van der Waals surface area contributed by atoms with Crippen LogP contribution in [0.25, 0.3) is 0 Å². The molecule has 4 N–H and O–H groups in total. The average molecular weight is 260 g/mol. The van der Waals surface area contributed by atoms with E-state index in [9.17, 15) is 19.8 Å². The summed E-state index contributed by atoms with van der Waals surface area (Å²) in [7, 11) is 0. The molecule has 0 aliphatic carbocycles. The minimum absolute atomic E-state index is 0.134. The second-order valence-electron chi connectivity index (χ2n) is 4.97. The van der Waals surface area contributed by atoms with Crippen molar-refractivity contribution in [2.45, 2.75) is 37.9 Å². The van der Waals surface area contributed by atoms with Crippen LogP contribution in [0.4, 0.5) is 4.79 Å². The SMILES string of the molecule is CC(O)(CNC(=O)N1CCCC(O)C1)CC(=O)O. The number of hydrogen-bond acceptors (Lipinski definition) is 4. The fraction of sp³-hybridized carbons (Fsp3) is 0.818. The number of piperidine rings is 1. The normalized spacial score (nSPS) is 23.3. The smallest absolute Gasteiger partial charge is 0.317 e. The van der Waals surface area contributed by atoms with Gasteiger partial charge in [-0.2, -0.15) is 0 Å². The molecule has 0 aromatic heterocycles. The van der Waals surface area contributed by atoms with Crippen molar-refractivity contribution < 1.29 is 24.9 Å². The molecule has 18 heavy (non-hydrogen) atoms. The van der Waals surface area contributed by atoms with Crippen LogP contribution in [0.1, 0.15) is 26.2 Å². The molecule has 0 bridgehead atoms. The van der Waals surface area contributed by atoms with E-state index >= 15 is 0 Å². The third-order valence-electron chi connectivity index (χ3n) is 2.84. The summed E-state index contributed by atoms with van der Waals surface area (Å²) in [6.45, 7) is 2.05. The predicted octanol–water partition coefficient (Wildman–Crippen LogP) is -0.622. The number of nitrogens with one attached hydrogen (secondary N) is 1. The van der Waals surface area contributed by atoms with Gasteiger partial charge in [-0.1, -0.05) is 0 Å². The number of carboxylic acid groups (broad SMARTS) is 1. The Bertz CT molecular complexity index is 319. The Morgan fingerprint density at radius 2 is 2.17 bits per heavy atom. The van der Waals surface area contributed by atoms with E-state index in [0.717, 1.165) is 6.42 Å². The van der Waals surface area contributed by atoms with E-state index in [1.54, 1.807) is 0 Å². The second-order valence-corrected chi connectivity index (χ2v) is 4.97. The van der Waals surface area contributed by atoms with Crippen LogP contribution in [-0.4, -0.2) is 63.6 Å². The highest BCUT2D eigenvalue weighted by atomic mass is 16.4.